The molecule has 0 unspecified atom stereocenters. The minimum Gasteiger partial charge on any atom is -0.876 e. The van der Waals surface area contributed by atoms with Crippen LogP contribution in [0.3, 0.4) is 0 Å². The van der Waals surface area contributed by atoms with E-state index in [1.54, 1.807) is 36.4 Å². The molecular weight excluding hydrogens is 320 g/mol. The molecule has 1 aliphatic rings. The van der Waals surface area contributed by atoms with E-state index in [0.29, 0.717) is 11.1 Å². The van der Waals surface area contributed by atoms with Crippen molar-refractivity contribution in [3.63, 3.8) is 0 Å². The van der Waals surface area contributed by atoms with Gasteiger partial charge in [-0.3, -0.25) is 14.4 Å². The molecule has 0 spiro atoms. The van der Waals surface area contributed by atoms with E-state index < -0.39 is 0 Å². The van der Waals surface area contributed by atoms with Crippen molar-refractivity contribution in [2.75, 3.05) is 11.5 Å². The quantitative estimate of drug-likeness (QED) is 0.393. The van der Waals surface area contributed by atoms with Crippen molar-refractivity contribution in [3.8, 4) is 0 Å². The summed E-state index contributed by atoms with van der Waals surface area (Å²) in [6.07, 6.45) is 1.06. The number of nitrogen functional groups attached to an aromatic ring is 2. The molecule has 0 radical (unpaired) electrons. The predicted octanol–water partition coefficient (Wildman–Crippen LogP) is 1.47. The first-order valence-corrected chi connectivity index (χ1v) is 7.46. The third-order valence-electron chi connectivity index (χ3n) is 3.55. The van der Waals surface area contributed by atoms with Crippen LogP contribution in [0.2, 0.25) is 0 Å². The predicted molar refractivity (Wildman–Crippen MR) is 93.0 cm³/mol. The van der Waals surface area contributed by atoms with Gasteiger partial charge in [0.25, 0.3) is 0 Å². The number of carbonyl (C=O) groups excluding carboxylic acids is 3. The van der Waals surface area contributed by atoms with Gasteiger partial charge < -0.3 is 16.6 Å². The molecule has 0 aliphatic heterocycles. The molecule has 3 rings (SSSR count). The van der Waals surface area contributed by atoms with Crippen LogP contribution in [-0.4, -0.2) is 17.3 Å². The van der Waals surface area contributed by atoms with Gasteiger partial charge in [0, 0.05) is 22.5 Å². The molecule has 0 fully saturated rings. The third-order valence-corrected chi connectivity index (χ3v) is 3.55. The van der Waals surface area contributed by atoms with Crippen molar-refractivity contribution in [1.82, 2.24) is 0 Å². The molecule has 2 aromatic rings. The van der Waals surface area contributed by atoms with E-state index in [1.807, 2.05) is 0 Å². The minimum atomic E-state index is -0.245. The molecule has 128 valence electrons. The Morgan fingerprint density at radius 2 is 1.28 bits per heavy atom. The van der Waals surface area contributed by atoms with E-state index in [9.17, 15) is 19.5 Å². The summed E-state index contributed by atoms with van der Waals surface area (Å²) in [5, 5.41) is 9.98. The van der Waals surface area contributed by atoms with Gasteiger partial charge in [-0.25, -0.2) is 0 Å². The number of hydrogen-bond donors (Lipinski definition) is 2. The van der Waals surface area contributed by atoms with Gasteiger partial charge >= 0.3 is 0 Å². The van der Waals surface area contributed by atoms with Crippen LogP contribution in [0.15, 0.2) is 48.2 Å². The molecule has 0 saturated heterocycles. The van der Waals surface area contributed by atoms with Gasteiger partial charge in [0.05, 0.1) is 11.1 Å². The second-order valence-corrected chi connectivity index (χ2v) is 5.56. The van der Waals surface area contributed by atoms with Crippen molar-refractivity contribution in [2.24, 2.45) is 0 Å². The van der Waals surface area contributed by atoms with Crippen molar-refractivity contribution < 1.29 is 19.5 Å². The Hall–Kier alpha value is -3.41. The van der Waals surface area contributed by atoms with E-state index in [-0.39, 0.29) is 45.6 Å². The summed E-state index contributed by atoms with van der Waals surface area (Å²) in [7, 11) is 0. The Balaban J connectivity index is 0.000000277. The Morgan fingerprint density at radius 3 is 1.56 bits per heavy atom. The standard InChI is InChI=1S/C14H10N2O2.C5H8O2/c15-9-5-6-10(16)12-11(9)13(17)7-3-1-2-4-8(7)14(12)18;1-4(6)3-5(2)7/h1-6H,15-16H2;3,6H,1-2H3/p-1/b;4-3-. The highest BCUT2D eigenvalue weighted by molar-refractivity contribution is 6.31. The smallest absolute Gasteiger partial charge is 0.196 e. The van der Waals surface area contributed by atoms with E-state index in [1.165, 1.54) is 13.8 Å². The maximum absolute atomic E-state index is 12.3. The van der Waals surface area contributed by atoms with Gasteiger partial charge in [0.15, 0.2) is 17.3 Å². The zero-order valence-electron chi connectivity index (χ0n) is 13.8. The average Bonchev–Trinajstić information content (AvgIpc) is 2.54. The summed E-state index contributed by atoms with van der Waals surface area (Å²) in [6.45, 7) is 2.70. The van der Waals surface area contributed by atoms with Gasteiger partial charge in [-0.15, -0.1) is 5.76 Å². The van der Waals surface area contributed by atoms with E-state index >= 15 is 0 Å². The van der Waals surface area contributed by atoms with Crippen LogP contribution >= 0.6 is 0 Å². The van der Waals surface area contributed by atoms with Crippen molar-refractivity contribution in [1.29, 1.82) is 0 Å². The first kappa shape index (κ1) is 17.9. The Bertz CT molecular complexity index is 850. The number of nitrogens with two attached hydrogens (primary N) is 2. The Morgan fingerprint density at radius 1 is 0.880 bits per heavy atom. The van der Waals surface area contributed by atoms with Crippen molar-refractivity contribution in [2.45, 2.75) is 13.8 Å². The van der Waals surface area contributed by atoms with Crippen molar-refractivity contribution in [3.05, 3.63) is 70.5 Å². The second-order valence-electron chi connectivity index (χ2n) is 5.56. The number of anilines is 2. The number of carbonyl (C=O) groups is 3. The number of hydrogen-bond acceptors (Lipinski definition) is 6. The Labute approximate surface area is 144 Å². The van der Waals surface area contributed by atoms with Gasteiger partial charge in [-0.1, -0.05) is 31.2 Å². The SMILES string of the molecule is CC(=O)/C=C(/C)[O-].Nc1ccc(N)c2c1C(=O)c1ccccc1C2=O. The summed E-state index contributed by atoms with van der Waals surface area (Å²) in [5.41, 5.74) is 13.4. The summed E-state index contributed by atoms with van der Waals surface area (Å²) >= 11 is 0. The zero-order valence-corrected chi connectivity index (χ0v) is 13.8. The maximum Gasteiger partial charge on any atom is 0.196 e. The third kappa shape index (κ3) is 3.58. The van der Waals surface area contributed by atoms with Gasteiger partial charge in [0.1, 0.15) is 0 Å². The molecule has 25 heavy (non-hydrogen) atoms. The molecular formula is C19H17N2O4-. The second kappa shape index (κ2) is 7.00. The number of ketones is 3. The van der Waals surface area contributed by atoms with Gasteiger partial charge in [-0.2, -0.15) is 0 Å². The number of allylic oxidation sites excluding steroid dienone is 2. The highest BCUT2D eigenvalue weighted by Gasteiger charge is 2.32. The minimum absolute atomic E-state index is 0.187. The lowest BCUT2D eigenvalue weighted by atomic mass is 9.82. The van der Waals surface area contributed by atoms with Crippen LogP contribution < -0.4 is 16.6 Å². The topological polar surface area (TPSA) is 126 Å². The van der Waals surface area contributed by atoms with Crippen LogP contribution in [0.5, 0.6) is 0 Å². The molecule has 0 bridgehead atoms. The number of fused-ring (bicyclic) bond motifs is 2. The normalized spacial score (nSPS) is 12.6. The van der Waals surface area contributed by atoms with E-state index in [2.05, 4.69) is 0 Å². The van der Waals surface area contributed by atoms with Crippen LogP contribution in [-0.2, 0) is 4.79 Å². The highest BCUT2D eigenvalue weighted by atomic mass is 16.3. The summed E-state index contributed by atoms with van der Waals surface area (Å²) < 4.78 is 0. The summed E-state index contributed by atoms with van der Waals surface area (Å²) in [5.74, 6) is -0.866. The van der Waals surface area contributed by atoms with Crippen LogP contribution in [0, 0.1) is 0 Å². The number of rotatable bonds is 1. The molecule has 0 aromatic heterocycles. The van der Waals surface area contributed by atoms with Gasteiger partial charge in [0.2, 0.25) is 0 Å². The maximum atomic E-state index is 12.3. The molecule has 0 amide bonds. The fraction of sp³-hybridized carbons (Fsp3) is 0.105. The largest absolute Gasteiger partial charge is 0.876 e. The summed E-state index contributed by atoms with van der Waals surface area (Å²) in [6, 6.07) is 9.79. The van der Waals surface area contributed by atoms with Crippen LogP contribution in [0.25, 0.3) is 0 Å². The highest BCUT2D eigenvalue weighted by Crippen LogP contribution is 2.33. The molecule has 6 heteroatoms. The lowest BCUT2D eigenvalue weighted by Crippen LogP contribution is -2.23. The van der Waals surface area contributed by atoms with E-state index in [4.69, 9.17) is 11.5 Å². The molecule has 4 N–H and O–H groups in total. The molecule has 2 aromatic carbocycles. The number of benzene rings is 2. The molecule has 0 heterocycles. The molecule has 1 aliphatic carbocycles. The fourth-order valence-corrected chi connectivity index (χ4v) is 2.56. The van der Waals surface area contributed by atoms with Crippen LogP contribution in [0.1, 0.15) is 45.7 Å². The lowest BCUT2D eigenvalue weighted by Gasteiger charge is -2.20. The monoisotopic (exact) mass is 337 g/mol. The molecule has 0 atom stereocenters. The van der Waals surface area contributed by atoms with Gasteiger partial charge in [-0.05, 0) is 25.1 Å². The molecule has 6 nitrogen and oxygen atoms in total. The zero-order chi connectivity index (χ0) is 18.7. The summed E-state index contributed by atoms with van der Waals surface area (Å²) in [4.78, 5) is 34.7. The first-order chi connectivity index (χ1) is 11.7. The molecule has 0 saturated carbocycles. The fourth-order valence-electron chi connectivity index (χ4n) is 2.56. The van der Waals surface area contributed by atoms with Crippen LogP contribution in [0.4, 0.5) is 11.4 Å². The average molecular weight is 337 g/mol. The lowest BCUT2D eigenvalue weighted by molar-refractivity contribution is -0.301. The van der Waals surface area contributed by atoms with Crippen molar-refractivity contribution >= 4 is 28.7 Å². The Kier molecular flexibility index (Phi) is 5.02. The van der Waals surface area contributed by atoms with E-state index in [0.717, 1.165) is 6.08 Å². The first-order valence-electron chi connectivity index (χ1n) is 7.46.